The Kier molecular flexibility index (Phi) is 5.63. The molecule has 4 rings (SSSR count). The summed E-state index contributed by atoms with van der Waals surface area (Å²) < 4.78 is 1.05. The lowest BCUT2D eigenvalue weighted by Gasteiger charge is -2.35. The number of carbonyl (C=O) groups excluding carboxylic acids is 1. The van der Waals surface area contributed by atoms with Crippen molar-refractivity contribution in [3.05, 3.63) is 58.2 Å². The van der Waals surface area contributed by atoms with E-state index in [1.165, 1.54) is 5.56 Å². The molecule has 0 bridgehead atoms. The van der Waals surface area contributed by atoms with Gasteiger partial charge in [-0.25, -0.2) is 4.98 Å². The smallest absolute Gasteiger partial charge is 0.226 e. The standard InChI is InChI=1S/C22H23BrN4O/c23-19-3-1-2-16(12-19)15-27(20-5-6-20)22(28)18-8-10-26(11-9-18)21-7-4-17(13-24)14-25-21/h1-4,7,12,14,18,20H,5-6,8-11,15H2. The molecule has 1 saturated carbocycles. The Balaban J connectivity index is 1.38. The number of benzene rings is 1. The summed E-state index contributed by atoms with van der Waals surface area (Å²) in [7, 11) is 0. The van der Waals surface area contributed by atoms with Gasteiger partial charge in [0.2, 0.25) is 5.91 Å². The Hall–Kier alpha value is -2.39. The molecule has 2 aromatic rings. The minimum atomic E-state index is 0.0855. The van der Waals surface area contributed by atoms with Crippen molar-refractivity contribution in [2.24, 2.45) is 5.92 Å². The number of pyridine rings is 1. The van der Waals surface area contributed by atoms with Gasteiger partial charge in [0.1, 0.15) is 11.9 Å². The molecule has 1 aliphatic carbocycles. The highest BCUT2D eigenvalue weighted by molar-refractivity contribution is 9.10. The van der Waals surface area contributed by atoms with Crippen molar-refractivity contribution >= 4 is 27.7 Å². The van der Waals surface area contributed by atoms with Crippen LogP contribution >= 0.6 is 15.9 Å². The van der Waals surface area contributed by atoms with Crippen LogP contribution in [0.15, 0.2) is 47.1 Å². The van der Waals surface area contributed by atoms with E-state index >= 15 is 0 Å². The summed E-state index contributed by atoms with van der Waals surface area (Å²) in [6.45, 7) is 2.34. The number of nitrogens with zero attached hydrogens (tertiary/aromatic N) is 4. The highest BCUT2D eigenvalue weighted by atomic mass is 79.9. The van der Waals surface area contributed by atoms with Crippen LogP contribution in [0.4, 0.5) is 5.82 Å². The number of anilines is 1. The number of rotatable bonds is 5. The van der Waals surface area contributed by atoms with E-state index in [-0.39, 0.29) is 5.92 Å². The molecule has 1 saturated heterocycles. The molecular formula is C22H23BrN4O. The summed E-state index contributed by atoms with van der Waals surface area (Å²) in [5, 5.41) is 8.91. The van der Waals surface area contributed by atoms with E-state index in [4.69, 9.17) is 5.26 Å². The molecule has 1 aromatic carbocycles. The maximum atomic E-state index is 13.2. The number of halogens is 1. The molecule has 5 nitrogen and oxygen atoms in total. The summed E-state index contributed by atoms with van der Waals surface area (Å²) >= 11 is 3.52. The topological polar surface area (TPSA) is 60.2 Å². The van der Waals surface area contributed by atoms with Crippen LogP contribution in [0, 0.1) is 17.2 Å². The van der Waals surface area contributed by atoms with Gasteiger partial charge in [0.05, 0.1) is 5.56 Å². The van der Waals surface area contributed by atoms with E-state index in [1.54, 1.807) is 12.3 Å². The van der Waals surface area contributed by atoms with E-state index in [0.29, 0.717) is 24.1 Å². The average molecular weight is 439 g/mol. The maximum absolute atomic E-state index is 13.2. The van der Waals surface area contributed by atoms with Crippen LogP contribution in [0.5, 0.6) is 0 Å². The Morgan fingerprint density at radius 1 is 1.21 bits per heavy atom. The number of hydrogen-bond acceptors (Lipinski definition) is 4. The van der Waals surface area contributed by atoms with Crippen molar-refractivity contribution < 1.29 is 4.79 Å². The van der Waals surface area contributed by atoms with Gasteiger partial charge in [-0.05, 0) is 55.5 Å². The van der Waals surface area contributed by atoms with E-state index in [1.807, 2.05) is 18.2 Å². The second-order valence-corrected chi connectivity index (χ2v) is 8.52. The van der Waals surface area contributed by atoms with Gasteiger partial charge < -0.3 is 9.80 Å². The third kappa shape index (κ3) is 4.36. The fourth-order valence-electron chi connectivity index (χ4n) is 3.83. The second-order valence-electron chi connectivity index (χ2n) is 7.61. The molecule has 1 amide bonds. The molecule has 2 heterocycles. The van der Waals surface area contributed by atoms with Crippen LogP contribution in [-0.2, 0) is 11.3 Å². The third-order valence-electron chi connectivity index (χ3n) is 5.56. The molecule has 6 heteroatoms. The quantitative estimate of drug-likeness (QED) is 0.703. The van der Waals surface area contributed by atoms with Crippen molar-refractivity contribution in [3.63, 3.8) is 0 Å². The molecule has 0 unspecified atom stereocenters. The van der Waals surface area contributed by atoms with Crippen LogP contribution < -0.4 is 4.90 Å². The largest absolute Gasteiger partial charge is 0.357 e. The van der Waals surface area contributed by atoms with Crippen LogP contribution in [-0.4, -0.2) is 34.9 Å². The first kappa shape index (κ1) is 18.9. The summed E-state index contributed by atoms with van der Waals surface area (Å²) in [5.74, 6) is 1.27. The summed E-state index contributed by atoms with van der Waals surface area (Å²) in [4.78, 5) is 21.9. The fourth-order valence-corrected chi connectivity index (χ4v) is 4.28. The van der Waals surface area contributed by atoms with Gasteiger partial charge in [-0.15, -0.1) is 0 Å². The molecule has 0 N–H and O–H groups in total. The van der Waals surface area contributed by atoms with Crippen molar-refractivity contribution in [1.29, 1.82) is 5.26 Å². The monoisotopic (exact) mass is 438 g/mol. The van der Waals surface area contributed by atoms with Crippen LogP contribution in [0.25, 0.3) is 0 Å². The molecular weight excluding hydrogens is 416 g/mol. The van der Waals surface area contributed by atoms with Crippen molar-refractivity contribution in [3.8, 4) is 6.07 Å². The Labute approximate surface area is 174 Å². The molecule has 1 aliphatic heterocycles. The van der Waals surface area contributed by atoms with Gasteiger partial charge in [0.15, 0.2) is 0 Å². The lowest BCUT2D eigenvalue weighted by molar-refractivity contribution is -0.137. The molecule has 1 aromatic heterocycles. The van der Waals surface area contributed by atoms with E-state index in [2.05, 4.69) is 48.9 Å². The fraction of sp³-hybridized carbons (Fsp3) is 0.409. The van der Waals surface area contributed by atoms with Crippen LogP contribution in [0.1, 0.15) is 36.8 Å². The van der Waals surface area contributed by atoms with Gasteiger partial charge in [0, 0.05) is 42.3 Å². The number of aromatic nitrogens is 1. The first-order chi connectivity index (χ1) is 13.6. The number of carbonyl (C=O) groups is 1. The summed E-state index contributed by atoms with van der Waals surface area (Å²) in [5.41, 5.74) is 1.75. The number of nitriles is 1. The van der Waals surface area contributed by atoms with Gasteiger partial charge in [-0.2, -0.15) is 5.26 Å². The zero-order valence-electron chi connectivity index (χ0n) is 15.7. The lowest BCUT2D eigenvalue weighted by atomic mass is 9.94. The predicted molar refractivity (Wildman–Crippen MR) is 112 cm³/mol. The second kappa shape index (κ2) is 8.32. The first-order valence-corrected chi connectivity index (χ1v) is 10.6. The SMILES string of the molecule is N#Cc1ccc(N2CCC(C(=O)N(Cc3cccc(Br)c3)C3CC3)CC2)nc1. The highest BCUT2D eigenvalue weighted by Gasteiger charge is 2.37. The van der Waals surface area contributed by atoms with Gasteiger partial charge >= 0.3 is 0 Å². The Bertz CT molecular complexity index is 880. The van der Waals surface area contributed by atoms with Crippen molar-refractivity contribution in [2.75, 3.05) is 18.0 Å². The van der Waals surface area contributed by atoms with E-state index < -0.39 is 0 Å². The van der Waals surface area contributed by atoms with Crippen LogP contribution in [0.2, 0.25) is 0 Å². The van der Waals surface area contributed by atoms with E-state index in [0.717, 1.165) is 49.1 Å². The molecule has 2 aliphatic rings. The number of hydrogen-bond donors (Lipinski definition) is 0. The minimum absolute atomic E-state index is 0.0855. The number of amides is 1. The number of piperidine rings is 1. The van der Waals surface area contributed by atoms with Crippen LogP contribution in [0.3, 0.4) is 0 Å². The Morgan fingerprint density at radius 3 is 2.61 bits per heavy atom. The Morgan fingerprint density at radius 2 is 2.00 bits per heavy atom. The average Bonchev–Trinajstić information content (AvgIpc) is 3.57. The normalized spacial score (nSPS) is 17.2. The third-order valence-corrected chi connectivity index (χ3v) is 6.05. The zero-order valence-corrected chi connectivity index (χ0v) is 17.3. The molecule has 0 atom stereocenters. The first-order valence-electron chi connectivity index (χ1n) is 9.80. The van der Waals surface area contributed by atoms with Gasteiger partial charge in [-0.1, -0.05) is 28.1 Å². The van der Waals surface area contributed by atoms with Crippen molar-refractivity contribution in [2.45, 2.75) is 38.3 Å². The predicted octanol–water partition coefficient (Wildman–Crippen LogP) is 4.12. The van der Waals surface area contributed by atoms with Gasteiger partial charge in [0.25, 0.3) is 0 Å². The van der Waals surface area contributed by atoms with Crippen molar-refractivity contribution in [1.82, 2.24) is 9.88 Å². The maximum Gasteiger partial charge on any atom is 0.226 e. The molecule has 2 fully saturated rings. The minimum Gasteiger partial charge on any atom is -0.357 e. The molecule has 0 radical (unpaired) electrons. The molecule has 144 valence electrons. The highest BCUT2D eigenvalue weighted by Crippen LogP contribution is 2.32. The summed E-state index contributed by atoms with van der Waals surface area (Å²) in [6, 6.07) is 14.4. The molecule has 28 heavy (non-hydrogen) atoms. The lowest BCUT2D eigenvalue weighted by Crippen LogP contribution is -2.43. The molecule has 0 spiro atoms. The zero-order chi connectivity index (χ0) is 19.5. The summed E-state index contributed by atoms with van der Waals surface area (Å²) in [6.07, 6.45) is 5.55. The van der Waals surface area contributed by atoms with E-state index in [9.17, 15) is 4.79 Å². The van der Waals surface area contributed by atoms with Gasteiger partial charge in [-0.3, -0.25) is 4.79 Å².